The number of rotatable bonds is 2. The summed E-state index contributed by atoms with van der Waals surface area (Å²) in [5, 5.41) is 5.33. The summed E-state index contributed by atoms with van der Waals surface area (Å²) in [6, 6.07) is 6.47. The second-order valence-corrected chi connectivity index (χ2v) is 5.72. The molecule has 0 atom stereocenters. The predicted octanol–water partition coefficient (Wildman–Crippen LogP) is 4.30. The normalized spacial score (nSPS) is 17.1. The Morgan fingerprint density at radius 3 is 2.94 bits per heavy atom. The van der Waals surface area contributed by atoms with Crippen molar-refractivity contribution in [1.29, 1.82) is 0 Å². The Morgan fingerprint density at radius 2 is 2.12 bits per heavy atom. The first-order valence-electron chi connectivity index (χ1n) is 5.64. The fourth-order valence-corrected chi connectivity index (χ4v) is 3.42. The molecule has 0 bridgehead atoms. The van der Waals surface area contributed by atoms with Crippen molar-refractivity contribution < 1.29 is 0 Å². The average Bonchev–Trinajstić information content (AvgIpc) is 2.86. The molecule has 1 heterocycles. The SMILES string of the molecule is Clc1ccc2nc(NC3CCCC3)sc2c1. The van der Waals surface area contributed by atoms with E-state index in [0.717, 1.165) is 20.4 Å². The summed E-state index contributed by atoms with van der Waals surface area (Å²) >= 11 is 7.65. The molecule has 3 rings (SSSR count). The molecule has 2 aromatic rings. The molecule has 0 unspecified atom stereocenters. The van der Waals surface area contributed by atoms with E-state index in [1.165, 1.54) is 25.7 Å². The molecule has 1 aliphatic rings. The molecule has 2 nitrogen and oxygen atoms in total. The molecule has 0 amide bonds. The van der Waals surface area contributed by atoms with Gasteiger partial charge in [-0.15, -0.1) is 0 Å². The zero-order valence-electron chi connectivity index (χ0n) is 8.87. The lowest BCUT2D eigenvalue weighted by molar-refractivity contribution is 0.754. The highest BCUT2D eigenvalue weighted by Crippen LogP contribution is 2.30. The second-order valence-electron chi connectivity index (χ2n) is 4.26. The van der Waals surface area contributed by atoms with E-state index in [0.29, 0.717) is 6.04 Å². The summed E-state index contributed by atoms with van der Waals surface area (Å²) in [6.45, 7) is 0. The van der Waals surface area contributed by atoms with Gasteiger partial charge in [0.15, 0.2) is 5.13 Å². The van der Waals surface area contributed by atoms with Gasteiger partial charge in [0, 0.05) is 11.1 Å². The molecule has 0 spiro atoms. The van der Waals surface area contributed by atoms with E-state index in [1.807, 2.05) is 18.2 Å². The van der Waals surface area contributed by atoms with Gasteiger partial charge in [-0.2, -0.15) is 0 Å². The molecule has 84 valence electrons. The molecular weight excluding hydrogens is 240 g/mol. The van der Waals surface area contributed by atoms with E-state index >= 15 is 0 Å². The molecule has 0 radical (unpaired) electrons. The van der Waals surface area contributed by atoms with Crippen molar-refractivity contribution in [2.45, 2.75) is 31.7 Å². The monoisotopic (exact) mass is 252 g/mol. The third-order valence-corrected chi connectivity index (χ3v) is 4.22. The molecule has 0 saturated heterocycles. The third-order valence-electron chi connectivity index (χ3n) is 3.03. The van der Waals surface area contributed by atoms with E-state index in [9.17, 15) is 0 Å². The van der Waals surface area contributed by atoms with Crippen LogP contribution in [0, 0.1) is 0 Å². The number of hydrogen-bond acceptors (Lipinski definition) is 3. The zero-order chi connectivity index (χ0) is 11.0. The summed E-state index contributed by atoms with van der Waals surface area (Å²) in [5.74, 6) is 0. The Labute approximate surface area is 104 Å². The maximum atomic E-state index is 5.96. The van der Waals surface area contributed by atoms with Crippen molar-refractivity contribution in [1.82, 2.24) is 4.98 Å². The summed E-state index contributed by atoms with van der Waals surface area (Å²) in [4.78, 5) is 4.57. The van der Waals surface area contributed by atoms with Crippen molar-refractivity contribution in [3.05, 3.63) is 23.2 Å². The molecule has 1 aromatic heterocycles. The van der Waals surface area contributed by atoms with Gasteiger partial charge in [-0.3, -0.25) is 0 Å². The number of aromatic nitrogens is 1. The zero-order valence-corrected chi connectivity index (χ0v) is 10.4. The van der Waals surface area contributed by atoms with E-state index in [1.54, 1.807) is 11.3 Å². The number of anilines is 1. The minimum Gasteiger partial charge on any atom is -0.359 e. The van der Waals surface area contributed by atoms with Crippen LogP contribution in [0.3, 0.4) is 0 Å². The number of nitrogens with zero attached hydrogens (tertiary/aromatic N) is 1. The first-order chi connectivity index (χ1) is 7.81. The van der Waals surface area contributed by atoms with Crippen molar-refractivity contribution in [3.8, 4) is 0 Å². The second kappa shape index (κ2) is 4.22. The molecular formula is C12H13ClN2S. The lowest BCUT2D eigenvalue weighted by Gasteiger charge is -2.09. The number of fused-ring (bicyclic) bond motifs is 1. The average molecular weight is 253 g/mol. The number of nitrogens with one attached hydrogen (secondary N) is 1. The smallest absolute Gasteiger partial charge is 0.184 e. The largest absolute Gasteiger partial charge is 0.359 e. The van der Waals surface area contributed by atoms with Gasteiger partial charge in [-0.25, -0.2) is 4.98 Å². The molecule has 0 aliphatic heterocycles. The predicted molar refractivity (Wildman–Crippen MR) is 70.5 cm³/mol. The standard InChI is InChI=1S/C12H13ClN2S/c13-8-5-6-10-11(7-8)16-12(15-10)14-9-3-1-2-4-9/h5-7,9H,1-4H2,(H,14,15). The number of hydrogen-bond donors (Lipinski definition) is 1. The Kier molecular flexibility index (Phi) is 2.74. The molecule has 1 N–H and O–H groups in total. The van der Waals surface area contributed by atoms with E-state index in [2.05, 4.69) is 10.3 Å². The minimum absolute atomic E-state index is 0.621. The van der Waals surface area contributed by atoms with E-state index in [4.69, 9.17) is 11.6 Å². The van der Waals surface area contributed by atoms with Gasteiger partial charge in [0.25, 0.3) is 0 Å². The quantitative estimate of drug-likeness (QED) is 0.862. The van der Waals surface area contributed by atoms with Crippen molar-refractivity contribution in [2.24, 2.45) is 0 Å². The fraction of sp³-hybridized carbons (Fsp3) is 0.417. The van der Waals surface area contributed by atoms with Gasteiger partial charge in [0.05, 0.1) is 10.2 Å². The van der Waals surface area contributed by atoms with Gasteiger partial charge in [-0.1, -0.05) is 35.8 Å². The highest BCUT2D eigenvalue weighted by Gasteiger charge is 2.16. The number of thiazole rings is 1. The van der Waals surface area contributed by atoms with Crippen LogP contribution in [-0.2, 0) is 0 Å². The first kappa shape index (κ1) is 10.4. The maximum absolute atomic E-state index is 5.96. The van der Waals surface area contributed by atoms with Crippen LogP contribution in [0.1, 0.15) is 25.7 Å². The molecule has 1 fully saturated rings. The number of halogens is 1. The van der Waals surface area contributed by atoms with Gasteiger partial charge < -0.3 is 5.32 Å². The van der Waals surface area contributed by atoms with Crippen molar-refractivity contribution >= 4 is 38.3 Å². The Morgan fingerprint density at radius 1 is 1.31 bits per heavy atom. The van der Waals surface area contributed by atoms with Crippen molar-refractivity contribution in [3.63, 3.8) is 0 Å². The molecule has 1 aliphatic carbocycles. The van der Waals surface area contributed by atoms with Gasteiger partial charge >= 0.3 is 0 Å². The van der Waals surface area contributed by atoms with Crippen LogP contribution < -0.4 is 5.32 Å². The summed E-state index contributed by atoms with van der Waals surface area (Å²) in [6.07, 6.45) is 5.23. The lowest BCUT2D eigenvalue weighted by Crippen LogP contribution is -2.13. The van der Waals surface area contributed by atoms with Gasteiger partial charge in [0.2, 0.25) is 0 Å². The van der Waals surface area contributed by atoms with Crippen LogP contribution in [0.15, 0.2) is 18.2 Å². The maximum Gasteiger partial charge on any atom is 0.184 e. The molecule has 4 heteroatoms. The minimum atomic E-state index is 0.621. The summed E-state index contributed by atoms with van der Waals surface area (Å²) in [7, 11) is 0. The Bertz CT molecular complexity index is 503. The number of benzene rings is 1. The molecule has 1 aromatic carbocycles. The van der Waals surface area contributed by atoms with E-state index < -0.39 is 0 Å². The highest BCUT2D eigenvalue weighted by molar-refractivity contribution is 7.22. The van der Waals surface area contributed by atoms with Gasteiger partial charge in [0.1, 0.15) is 0 Å². The van der Waals surface area contributed by atoms with Crippen LogP contribution in [0.2, 0.25) is 5.02 Å². The topological polar surface area (TPSA) is 24.9 Å². The van der Waals surface area contributed by atoms with Crippen LogP contribution in [0.5, 0.6) is 0 Å². The third kappa shape index (κ3) is 2.02. The lowest BCUT2D eigenvalue weighted by atomic mass is 10.3. The van der Waals surface area contributed by atoms with Crippen LogP contribution in [-0.4, -0.2) is 11.0 Å². The Hall–Kier alpha value is -0.800. The summed E-state index contributed by atoms with van der Waals surface area (Å²) < 4.78 is 1.16. The first-order valence-corrected chi connectivity index (χ1v) is 6.83. The van der Waals surface area contributed by atoms with E-state index in [-0.39, 0.29) is 0 Å². The highest BCUT2D eigenvalue weighted by atomic mass is 35.5. The molecule has 1 saturated carbocycles. The Balaban J connectivity index is 1.86. The molecule has 16 heavy (non-hydrogen) atoms. The van der Waals surface area contributed by atoms with Gasteiger partial charge in [-0.05, 0) is 31.0 Å². The summed E-state index contributed by atoms with van der Waals surface area (Å²) in [5.41, 5.74) is 1.04. The van der Waals surface area contributed by atoms with Crippen molar-refractivity contribution in [2.75, 3.05) is 5.32 Å². The fourth-order valence-electron chi connectivity index (χ4n) is 2.20. The van der Waals surface area contributed by atoms with Crippen LogP contribution >= 0.6 is 22.9 Å². The van der Waals surface area contributed by atoms with Crippen LogP contribution in [0.4, 0.5) is 5.13 Å². The van der Waals surface area contributed by atoms with Crippen LogP contribution in [0.25, 0.3) is 10.2 Å².